The van der Waals surface area contributed by atoms with Gasteiger partial charge in [-0.3, -0.25) is 0 Å². The minimum atomic E-state index is 0.470. The third kappa shape index (κ3) is 3.16. The molecule has 1 atom stereocenters. The lowest BCUT2D eigenvalue weighted by molar-refractivity contribution is 0.611. The Morgan fingerprint density at radius 2 is 1.86 bits per heavy atom. The smallest absolute Gasteiger partial charge is 0.0597 e. The number of hydrogen-bond donors (Lipinski definition) is 1. The fourth-order valence-electron chi connectivity index (χ4n) is 3.05. The van der Waals surface area contributed by atoms with E-state index in [-0.39, 0.29) is 0 Å². The van der Waals surface area contributed by atoms with Crippen LogP contribution < -0.4 is 10.2 Å². The van der Waals surface area contributed by atoms with Crippen molar-refractivity contribution in [3.8, 4) is 0 Å². The molecule has 2 nitrogen and oxygen atoms in total. The second-order valence-electron chi connectivity index (χ2n) is 5.91. The van der Waals surface area contributed by atoms with Crippen LogP contribution in [0, 0.1) is 0 Å². The fraction of sp³-hybridized carbons (Fsp3) is 0.333. The van der Waals surface area contributed by atoms with Crippen LogP contribution in [0.25, 0.3) is 0 Å². The quantitative estimate of drug-likeness (QED) is 0.905. The molecule has 0 saturated heterocycles. The molecule has 110 valence electrons. The van der Waals surface area contributed by atoms with E-state index in [0.717, 1.165) is 30.0 Å². The van der Waals surface area contributed by atoms with Gasteiger partial charge in [0.05, 0.1) is 11.4 Å². The summed E-state index contributed by atoms with van der Waals surface area (Å²) in [6.45, 7) is 0. The van der Waals surface area contributed by atoms with Gasteiger partial charge < -0.3 is 10.2 Å². The molecule has 1 aliphatic carbocycles. The Morgan fingerprint density at radius 1 is 1.10 bits per heavy atom. The van der Waals surface area contributed by atoms with Gasteiger partial charge in [0.15, 0.2) is 0 Å². The number of nitrogens with zero attached hydrogens (tertiary/aromatic N) is 1. The summed E-state index contributed by atoms with van der Waals surface area (Å²) in [5.74, 6) is 0. The summed E-state index contributed by atoms with van der Waals surface area (Å²) in [5.41, 5.74) is 5.26. The zero-order valence-electron chi connectivity index (χ0n) is 12.6. The Hall–Kier alpha value is -1.67. The molecule has 3 heteroatoms. The van der Waals surface area contributed by atoms with Crippen LogP contribution in [-0.2, 0) is 12.8 Å². The van der Waals surface area contributed by atoms with Crippen molar-refractivity contribution in [1.29, 1.82) is 0 Å². The van der Waals surface area contributed by atoms with Crippen LogP contribution in [0.5, 0.6) is 0 Å². The van der Waals surface area contributed by atoms with Gasteiger partial charge in [-0.15, -0.1) is 0 Å². The van der Waals surface area contributed by atoms with E-state index in [9.17, 15) is 0 Å². The summed E-state index contributed by atoms with van der Waals surface area (Å²) in [6.07, 6.45) is 3.39. The summed E-state index contributed by atoms with van der Waals surface area (Å²) in [7, 11) is 4.12. The molecule has 21 heavy (non-hydrogen) atoms. The van der Waals surface area contributed by atoms with Gasteiger partial charge in [0.2, 0.25) is 0 Å². The molecule has 0 radical (unpaired) electrons. The average molecular weight is 301 g/mol. The van der Waals surface area contributed by atoms with Crippen LogP contribution in [-0.4, -0.2) is 20.1 Å². The van der Waals surface area contributed by atoms with E-state index in [1.807, 2.05) is 12.1 Å². The largest absolute Gasteiger partial charge is 0.380 e. The maximum Gasteiger partial charge on any atom is 0.0597 e. The Morgan fingerprint density at radius 3 is 2.62 bits per heavy atom. The van der Waals surface area contributed by atoms with E-state index in [1.165, 1.54) is 16.8 Å². The first-order valence-corrected chi connectivity index (χ1v) is 7.81. The molecular weight excluding hydrogens is 280 g/mol. The van der Waals surface area contributed by atoms with E-state index >= 15 is 0 Å². The Bertz CT molecular complexity index is 637. The predicted octanol–water partition coefficient (Wildman–Crippen LogP) is 4.38. The Labute approximate surface area is 131 Å². The Balaban J connectivity index is 1.81. The number of hydrogen-bond acceptors (Lipinski definition) is 2. The van der Waals surface area contributed by atoms with Gasteiger partial charge in [-0.1, -0.05) is 35.9 Å². The van der Waals surface area contributed by atoms with Crippen molar-refractivity contribution in [3.63, 3.8) is 0 Å². The first-order valence-electron chi connectivity index (χ1n) is 7.43. The molecule has 0 amide bonds. The van der Waals surface area contributed by atoms with Gasteiger partial charge in [-0.25, -0.2) is 0 Å². The molecule has 0 heterocycles. The highest BCUT2D eigenvalue weighted by Crippen LogP contribution is 2.31. The molecule has 1 unspecified atom stereocenters. The molecule has 1 N–H and O–H groups in total. The number of aryl methyl sites for hydroxylation is 1. The lowest BCUT2D eigenvalue weighted by Crippen LogP contribution is -2.28. The molecule has 0 bridgehead atoms. The number of anilines is 2. The molecular formula is C18H21ClN2. The van der Waals surface area contributed by atoms with Gasteiger partial charge in [0, 0.05) is 25.2 Å². The number of fused-ring (bicyclic) bond motifs is 1. The topological polar surface area (TPSA) is 15.3 Å². The van der Waals surface area contributed by atoms with Gasteiger partial charge >= 0.3 is 0 Å². The van der Waals surface area contributed by atoms with E-state index < -0.39 is 0 Å². The van der Waals surface area contributed by atoms with E-state index in [1.54, 1.807) is 0 Å². The number of halogens is 1. The molecule has 0 aliphatic heterocycles. The highest BCUT2D eigenvalue weighted by molar-refractivity contribution is 6.31. The van der Waals surface area contributed by atoms with Crippen molar-refractivity contribution in [1.82, 2.24) is 0 Å². The third-order valence-electron chi connectivity index (χ3n) is 4.15. The minimum absolute atomic E-state index is 0.470. The molecule has 3 rings (SSSR count). The van der Waals surface area contributed by atoms with Crippen LogP contribution in [0.2, 0.25) is 5.02 Å². The van der Waals surface area contributed by atoms with E-state index in [2.05, 4.69) is 54.6 Å². The zero-order valence-corrected chi connectivity index (χ0v) is 13.3. The molecule has 2 aromatic carbocycles. The normalized spacial score (nSPS) is 17.2. The van der Waals surface area contributed by atoms with Crippen molar-refractivity contribution in [2.24, 2.45) is 0 Å². The first-order chi connectivity index (χ1) is 10.1. The van der Waals surface area contributed by atoms with Crippen LogP contribution in [0.3, 0.4) is 0 Å². The van der Waals surface area contributed by atoms with Gasteiger partial charge in [-0.2, -0.15) is 0 Å². The van der Waals surface area contributed by atoms with Gasteiger partial charge in [0.25, 0.3) is 0 Å². The lowest BCUT2D eigenvalue weighted by atomic mass is 9.88. The summed E-state index contributed by atoms with van der Waals surface area (Å²) in [4.78, 5) is 2.12. The third-order valence-corrected chi connectivity index (χ3v) is 4.38. The molecule has 0 fully saturated rings. The number of rotatable bonds is 3. The first kappa shape index (κ1) is 14.3. The van der Waals surface area contributed by atoms with Crippen molar-refractivity contribution in [3.05, 3.63) is 58.6 Å². The van der Waals surface area contributed by atoms with Crippen molar-refractivity contribution < 1.29 is 0 Å². The molecule has 2 aromatic rings. The fourth-order valence-corrected chi connectivity index (χ4v) is 3.23. The van der Waals surface area contributed by atoms with Crippen LogP contribution in [0.4, 0.5) is 11.4 Å². The second kappa shape index (κ2) is 5.98. The standard InChI is InChI=1S/C18H21ClN2/c1-21(2)18-10-8-15(19)12-17(18)20-16-9-7-13-5-3-4-6-14(13)11-16/h3-6,8,10,12,16,20H,7,9,11H2,1-2H3. The number of nitrogens with one attached hydrogen (secondary N) is 1. The summed E-state index contributed by atoms with van der Waals surface area (Å²) in [6, 6.07) is 15.3. The van der Waals surface area contributed by atoms with Crippen LogP contribution in [0.15, 0.2) is 42.5 Å². The highest BCUT2D eigenvalue weighted by Gasteiger charge is 2.19. The minimum Gasteiger partial charge on any atom is -0.380 e. The predicted molar refractivity (Wildman–Crippen MR) is 91.7 cm³/mol. The zero-order chi connectivity index (χ0) is 14.8. The average Bonchev–Trinajstić information content (AvgIpc) is 2.47. The van der Waals surface area contributed by atoms with Crippen LogP contribution >= 0.6 is 11.6 Å². The van der Waals surface area contributed by atoms with Crippen LogP contribution in [0.1, 0.15) is 17.5 Å². The van der Waals surface area contributed by atoms with E-state index in [0.29, 0.717) is 6.04 Å². The molecule has 0 aromatic heterocycles. The summed E-state index contributed by atoms with van der Waals surface area (Å²) >= 11 is 6.16. The molecule has 0 saturated carbocycles. The summed E-state index contributed by atoms with van der Waals surface area (Å²) in [5, 5.41) is 4.46. The maximum atomic E-state index is 6.16. The highest BCUT2D eigenvalue weighted by atomic mass is 35.5. The van der Waals surface area contributed by atoms with Crippen molar-refractivity contribution in [2.45, 2.75) is 25.3 Å². The van der Waals surface area contributed by atoms with Gasteiger partial charge in [-0.05, 0) is 48.6 Å². The lowest BCUT2D eigenvalue weighted by Gasteiger charge is -2.28. The molecule has 1 aliphatic rings. The van der Waals surface area contributed by atoms with Gasteiger partial charge in [0.1, 0.15) is 0 Å². The maximum absolute atomic E-state index is 6.16. The molecule has 0 spiro atoms. The van der Waals surface area contributed by atoms with Crippen molar-refractivity contribution >= 4 is 23.0 Å². The Kier molecular flexibility index (Phi) is 4.07. The second-order valence-corrected chi connectivity index (χ2v) is 6.35. The number of benzene rings is 2. The monoisotopic (exact) mass is 300 g/mol. The summed E-state index contributed by atoms with van der Waals surface area (Å²) < 4.78 is 0. The van der Waals surface area contributed by atoms with Crippen molar-refractivity contribution in [2.75, 3.05) is 24.3 Å². The van der Waals surface area contributed by atoms with E-state index in [4.69, 9.17) is 11.6 Å². The SMILES string of the molecule is CN(C)c1ccc(Cl)cc1NC1CCc2ccccc2C1.